The molecule has 3 rings (SSSR count). The Bertz CT molecular complexity index is 1020. The lowest BCUT2D eigenvalue weighted by atomic mass is 9.80. The number of anilines is 1. The van der Waals surface area contributed by atoms with Gasteiger partial charge >= 0.3 is 18.9 Å². The molecule has 10 heteroatoms. The lowest BCUT2D eigenvalue weighted by Crippen LogP contribution is -2.29. The molecule has 1 heterocycles. The maximum atomic E-state index is 13.0. The van der Waals surface area contributed by atoms with Gasteiger partial charge in [-0.25, -0.2) is 4.79 Å². The van der Waals surface area contributed by atoms with E-state index in [-0.39, 0.29) is 22.1 Å². The summed E-state index contributed by atoms with van der Waals surface area (Å²) in [5, 5.41) is 30.7. The first-order valence-corrected chi connectivity index (χ1v) is 7.71. The van der Waals surface area contributed by atoms with Gasteiger partial charge in [-0.05, 0) is 17.6 Å². The van der Waals surface area contributed by atoms with Crippen LogP contribution in [0.2, 0.25) is 0 Å². The number of rotatable bonds is 4. The standard InChI is InChI=1S/C17H13BF3NO5/c19-17(20,21)13-8-15(23)27-14-7-11(5-6-12(13)14)22-16(24)9-1-3-10(4-2-9)18(25)26/h1-8,16,22,24-26H. The Kier molecular flexibility index (Phi) is 4.96. The molecular formula is C17H13BF3NO5. The molecule has 0 amide bonds. The van der Waals surface area contributed by atoms with E-state index in [0.717, 1.165) is 6.07 Å². The number of aliphatic hydroxyl groups excluding tert-OH is 1. The highest BCUT2D eigenvalue weighted by Gasteiger charge is 2.33. The SMILES string of the molecule is O=c1cc(C(F)(F)F)c2ccc(NC(O)c3ccc(B(O)O)cc3)cc2o1. The Labute approximate surface area is 150 Å². The highest BCUT2D eigenvalue weighted by atomic mass is 19.4. The van der Waals surface area contributed by atoms with Crippen molar-refractivity contribution in [1.82, 2.24) is 0 Å². The fourth-order valence-electron chi connectivity index (χ4n) is 2.58. The van der Waals surface area contributed by atoms with Gasteiger partial charge in [-0.1, -0.05) is 24.3 Å². The van der Waals surface area contributed by atoms with E-state index in [1.807, 2.05) is 0 Å². The Morgan fingerprint density at radius 3 is 2.30 bits per heavy atom. The molecule has 0 aliphatic heterocycles. The fraction of sp³-hybridized carbons (Fsp3) is 0.118. The molecule has 0 radical (unpaired) electrons. The van der Waals surface area contributed by atoms with Gasteiger partial charge in [0.15, 0.2) is 6.23 Å². The van der Waals surface area contributed by atoms with Gasteiger partial charge in [0.1, 0.15) is 5.58 Å². The summed E-state index contributed by atoms with van der Waals surface area (Å²) < 4.78 is 44.0. The van der Waals surface area contributed by atoms with E-state index in [9.17, 15) is 23.1 Å². The summed E-state index contributed by atoms with van der Waals surface area (Å²) in [6, 6.07) is 9.74. The molecule has 27 heavy (non-hydrogen) atoms. The molecule has 0 bridgehead atoms. The number of benzene rings is 2. The van der Waals surface area contributed by atoms with Crippen molar-refractivity contribution in [3.63, 3.8) is 0 Å². The highest BCUT2D eigenvalue weighted by molar-refractivity contribution is 6.58. The zero-order valence-corrected chi connectivity index (χ0v) is 13.6. The minimum Gasteiger partial charge on any atom is -0.423 e. The molecule has 3 aromatic rings. The topological polar surface area (TPSA) is 103 Å². The molecule has 1 unspecified atom stereocenters. The first-order valence-electron chi connectivity index (χ1n) is 7.71. The lowest BCUT2D eigenvalue weighted by Gasteiger charge is -2.16. The molecular weight excluding hydrogens is 366 g/mol. The maximum absolute atomic E-state index is 13.0. The minimum absolute atomic E-state index is 0.226. The van der Waals surface area contributed by atoms with Crippen LogP contribution in [0.15, 0.2) is 57.7 Å². The van der Waals surface area contributed by atoms with E-state index in [4.69, 9.17) is 14.5 Å². The zero-order valence-electron chi connectivity index (χ0n) is 13.6. The van der Waals surface area contributed by atoms with Crippen LogP contribution in [0.5, 0.6) is 0 Å². The van der Waals surface area contributed by atoms with Crippen molar-refractivity contribution >= 4 is 29.2 Å². The van der Waals surface area contributed by atoms with Gasteiger partial charge in [-0.3, -0.25) is 0 Å². The van der Waals surface area contributed by atoms with Gasteiger partial charge in [0.05, 0.1) is 5.56 Å². The van der Waals surface area contributed by atoms with E-state index in [0.29, 0.717) is 11.6 Å². The highest BCUT2D eigenvalue weighted by Crippen LogP contribution is 2.34. The van der Waals surface area contributed by atoms with Crippen molar-refractivity contribution in [3.8, 4) is 0 Å². The molecule has 4 N–H and O–H groups in total. The number of halogens is 3. The van der Waals surface area contributed by atoms with Gasteiger partial charge in [0, 0.05) is 28.8 Å². The van der Waals surface area contributed by atoms with Crippen LogP contribution >= 0.6 is 0 Å². The lowest BCUT2D eigenvalue weighted by molar-refractivity contribution is -0.136. The molecule has 0 aliphatic carbocycles. The largest absolute Gasteiger partial charge is 0.488 e. The molecule has 6 nitrogen and oxygen atoms in total. The first kappa shape index (κ1) is 19.0. The van der Waals surface area contributed by atoms with Crippen LogP contribution in [0.25, 0.3) is 11.0 Å². The second-order valence-electron chi connectivity index (χ2n) is 5.78. The number of alkyl halides is 3. The number of aliphatic hydroxyl groups is 1. The van der Waals surface area contributed by atoms with Crippen LogP contribution in [0.3, 0.4) is 0 Å². The number of nitrogens with one attached hydrogen (secondary N) is 1. The molecule has 0 fully saturated rings. The molecule has 2 aromatic carbocycles. The van der Waals surface area contributed by atoms with Crippen molar-refractivity contribution in [2.75, 3.05) is 5.32 Å². The van der Waals surface area contributed by atoms with Crippen LogP contribution in [0.1, 0.15) is 17.4 Å². The maximum Gasteiger partial charge on any atom is 0.488 e. The minimum atomic E-state index is -4.71. The predicted molar refractivity (Wildman–Crippen MR) is 92.3 cm³/mol. The Balaban J connectivity index is 1.90. The zero-order chi connectivity index (χ0) is 19.8. The third-order valence-corrected chi connectivity index (χ3v) is 3.90. The monoisotopic (exact) mass is 379 g/mol. The fourth-order valence-corrected chi connectivity index (χ4v) is 2.58. The third kappa shape index (κ3) is 4.13. The molecule has 0 aliphatic rings. The van der Waals surface area contributed by atoms with E-state index in [1.54, 1.807) is 0 Å². The van der Waals surface area contributed by atoms with Crippen molar-refractivity contribution in [2.45, 2.75) is 12.4 Å². The Morgan fingerprint density at radius 2 is 1.70 bits per heavy atom. The van der Waals surface area contributed by atoms with Gasteiger partial charge in [-0.2, -0.15) is 13.2 Å². The van der Waals surface area contributed by atoms with Crippen molar-refractivity contribution < 1.29 is 32.7 Å². The van der Waals surface area contributed by atoms with Gasteiger partial charge in [0.2, 0.25) is 0 Å². The van der Waals surface area contributed by atoms with E-state index >= 15 is 0 Å². The van der Waals surface area contributed by atoms with E-state index in [1.165, 1.54) is 36.4 Å². The van der Waals surface area contributed by atoms with Crippen LogP contribution in [-0.4, -0.2) is 22.3 Å². The Hall–Kier alpha value is -2.82. The third-order valence-electron chi connectivity index (χ3n) is 3.90. The summed E-state index contributed by atoms with van der Waals surface area (Å²) in [5.41, 5.74) is -1.66. The molecule has 140 valence electrons. The van der Waals surface area contributed by atoms with Crippen LogP contribution in [-0.2, 0) is 6.18 Å². The van der Waals surface area contributed by atoms with Crippen molar-refractivity contribution in [1.29, 1.82) is 0 Å². The van der Waals surface area contributed by atoms with Gasteiger partial charge < -0.3 is 24.9 Å². The molecule has 0 saturated heterocycles. The normalized spacial score (nSPS) is 12.8. The smallest absolute Gasteiger partial charge is 0.423 e. The Morgan fingerprint density at radius 1 is 1.04 bits per heavy atom. The first-order chi connectivity index (χ1) is 12.6. The summed E-state index contributed by atoms with van der Waals surface area (Å²) in [6.45, 7) is 0. The van der Waals surface area contributed by atoms with Crippen LogP contribution < -0.4 is 16.4 Å². The predicted octanol–water partition coefficient (Wildman–Crippen LogP) is 1.59. The number of fused-ring (bicyclic) bond motifs is 1. The molecule has 0 saturated carbocycles. The molecule has 1 atom stereocenters. The second kappa shape index (κ2) is 7.07. The van der Waals surface area contributed by atoms with Gasteiger partial charge in [0.25, 0.3) is 0 Å². The average Bonchev–Trinajstić information content (AvgIpc) is 2.60. The summed E-state index contributed by atoms with van der Waals surface area (Å²) >= 11 is 0. The molecule has 1 aromatic heterocycles. The van der Waals surface area contributed by atoms with Crippen molar-refractivity contribution in [2.24, 2.45) is 0 Å². The average molecular weight is 379 g/mol. The van der Waals surface area contributed by atoms with E-state index < -0.39 is 30.7 Å². The van der Waals surface area contributed by atoms with Crippen LogP contribution in [0.4, 0.5) is 18.9 Å². The summed E-state index contributed by atoms with van der Waals surface area (Å²) in [6.07, 6.45) is -5.94. The van der Waals surface area contributed by atoms with Gasteiger partial charge in [-0.15, -0.1) is 0 Å². The molecule has 0 spiro atoms. The van der Waals surface area contributed by atoms with Crippen LogP contribution in [0, 0.1) is 0 Å². The second-order valence-corrected chi connectivity index (χ2v) is 5.78. The number of hydrogen-bond acceptors (Lipinski definition) is 6. The summed E-state index contributed by atoms with van der Waals surface area (Å²) in [5.74, 6) is 0. The van der Waals surface area contributed by atoms with Crippen molar-refractivity contribution in [3.05, 3.63) is 70.1 Å². The van der Waals surface area contributed by atoms with E-state index in [2.05, 4.69) is 5.32 Å². The summed E-state index contributed by atoms with van der Waals surface area (Å²) in [7, 11) is -1.64. The number of hydrogen-bond donors (Lipinski definition) is 4. The quantitative estimate of drug-likeness (QED) is 0.312. The summed E-state index contributed by atoms with van der Waals surface area (Å²) in [4.78, 5) is 11.4.